The van der Waals surface area contributed by atoms with Crippen LogP contribution in [0.5, 0.6) is 0 Å². The third-order valence-electron chi connectivity index (χ3n) is 3.38. The Hall–Kier alpha value is -2.13. The number of carbonyl (C=O) groups is 1. The first-order chi connectivity index (χ1) is 9.90. The number of hydrogen-bond donors (Lipinski definition) is 2. The first-order valence-electron chi connectivity index (χ1n) is 6.86. The van der Waals surface area contributed by atoms with Crippen LogP contribution in [-0.4, -0.2) is 46.1 Å². The molecule has 1 unspecified atom stereocenters. The van der Waals surface area contributed by atoms with E-state index in [1.54, 1.807) is 18.3 Å². The summed E-state index contributed by atoms with van der Waals surface area (Å²) in [5.74, 6) is 0.801. The van der Waals surface area contributed by atoms with E-state index in [2.05, 4.69) is 42.0 Å². The van der Waals surface area contributed by atoms with Crippen molar-refractivity contribution in [2.45, 2.75) is 38.8 Å². The van der Waals surface area contributed by atoms with Gasteiger partial charge in [-0.15, -0.1) is 0 Å². The third kappa shape index (κ3) is 5.40. The highest BCUT2D eigenvalue weighted by Gasteiger charge is 2.30. The van der Waals surface area contributed by atoms with E-state index in [4.69, 9.17) is 15.2 Å². The summed E-state index contributed by atoms with van der Waals surface area (Å²) in [5.41, 5.74) is 0.872. The molecule has 1 aliphatic rings. The molecule has 114 valence electrons. The molecule has 6 nitrogen and oxygen atoms in total. The summed E-state index contributed by atoms with van der Waals surface area (Å²) in [6.45, 7) is 8.61. The fraction of sp³-hybridized carbons (Fsp3) is 0.533. The van der Waals surface area contributed by atoms with Crippen LogP contribution < -0.4 is 5.32 Å². The molecule has 1 aromatic heterocycles. The van der Waals surface area contributed by atoms with Gasteiger partial charge in [0.25, 0.3) is 6.47 Å². The molecule has 6 heteroatoms. The summed E-state index contributed by atoms with van der Waals surface area (Å²) >= 11 is 0. The minimum Gasteiger partial charge on any atom is -0.483 e. The smallest absolute Gasteiger partial charge is 0.290 e. The molecule has 1 fully saturated rings. The van der Waals surface area contributed by atoms with E-state index in [1.807, 2.05) is 0 Å². The third-order valence-corrected chi connectivity index (χ3v) is 3.38. The quantitative estimate of drug-likeness (QED) is 0.809. The molecule has 0 aromatic carbocycles. The minimum atomic E-state index is -0.250. The van der Waals surface area contributed by atoms with E-state index in [0.29, 0.717) is 11.6 Å². The molecule has 21 heavy (non-hydrogen) atoms. The lowest BCUT2D eigenvalue weighted by Gasteiger charge is -2.31. The number of nitrogens with zero attached hydrogens (tertiary/aromatic N) is 3. The van der Waals surface area contributed by atoms with Crippen LogP contribution >= 0.6 is 0 Å². The van der Waals surface area contributed by atoms with Crippen LogP contribution in [0.4, 0.5) is 5.82 Å². The number of hydrogen-bond acceptors (Lipinski definition) is 5. The maximum absolute atomic E-state index is 8.86. The Bertz CT molecular complexity index is 505. The van der Waals surface area contributed by atoms with E-state index in [9.17, 15) is 0 Å². The molecular formula is C15H22N4O2. The molecule has 1 atom stereocenters. The lowest BCUT2D eigenvalue weighted by molar-refractivity contribution is -0.122. The summed E-state index contributed by atoms with van der Waals surface area (Å²) in [4.78, 5) is 15.1. The average Bonchev–Trinajstić information content (AvgIpc) is 2.88. The van der Waals surface area contributed by atoms with Gasteiger partial charge in [-0.2, -0.15) is 5.26 Å². The molecular weight excluding hydrogens is 268 g/mol. The first-order valence-corrected chi connectivity index (χ1v) is 6.86. The topological polar surface area (TPSA) is 89.3 Å². The second-order valence-electron chi connectivity index (χ2n) is 5.89. The zero-order chi connectivity index (χ0) is 15.9. The number of pyridine rings is 1. The Morgan fingerprint density at radius 3 is 2.76 bits per heavy atom. The molecule has 1 aliphatic heterocycles. The van der Waals surface area contributed by atoms with Crippen molar-refractivity contribution >= 4 is 12.3 Å². The summed E-state index contributed by atoms with van der Waals surface area (Å²) < 4.78 is 0. The molecule has 1 aromatic rings. The number of aromatic nitrogens is 1. The zero-order valence-corrected chi connectivity index (χ0v) is 12.7. The van der Waals surface area contributed by atoms with Crippen molar-refractivity contribution in [3.63, 3.8) is 0 Å². The van der Waals surface area contributed by atoms with Gasteiger partial charge in [-0.1, -0.05) is 0 Å². The fourth-order valence-corrected chi connectivity index (χ4v) is 2.28. The van der Waals surface area contributed by atoms with Gasteiger partial charge >= 0.3 is 0 Å². The minimum absolute atomic E-state index is 0.221. The van der Waals surface area contributed by atoms with Crippen LogP contribution in [0, 0.1) is 11.3 Å². The number of nitrogens with one attached hydrogen (secondary N) is 1. The van der Waals surface area contributed by atoms with E-state index < -0.39 is 0 Å². The fourth-order valence-electron chi connectivity index (χ4n) is 2.28. The van der Waals surface area contributed by atoms with Crippen LogP contribution in [0.2, 0.25) is 0 Å². The summed E-state index contributed by atoms with van der Waals surface area (Å²) in [7, 11) is 0. The number of carboxylic acid groups (broad SMARTS) is 1. The van der Waals surface area contributed by atoms with Crippen LogP contribution in [-0.2, 0) is 4.79 Å². The van der Waals surface area contributed by atoms with Crippen LogP contribution in [0.3, 0.4) is 0 Å². The molecule has 0 amide bonds. The molecule has 2 heterocycles. The normalized spacial score (nSPS) is 18.3. The van der Waals surface area contributed by atoms with Gasteiger partial charge in [-0.25, -0.2) is 4.98 Å². The van der Waals surface area contributed by atoms with Gasteiger partial charge in [-0.05, 0) is 39.3 Å². The predicted molar refractivity (Wildman–Crippen MR) is 81.0 cm³/mol. The molecule has 0 aliphatic carbocycles. The molecule has 0 spiro atoms. The van der Waals surface area contributed by atoms with E-state index in [-0.39, 0.29) is 12.0 Å². The largest absolute Gasteiger partial charge is 0.483 e. The van der Waals surface area contributed by atoms with Crippen molar-refractivity contribution in [1.29, 1.82) is 5.26 Å². The number of anilines is 1. The van der Waals surface area contributed by atoms with Crippen LogP contribution in [0.25, 0.3) is 0 Å². The highest BCUT2D eigenvalue weighted by atomic mass is 16.3. The van der Waals surface area contributed by atoms with Crippen molar-refractivity contribution in [3.8, 4) is 6.07 Å². The molecule has 0 bridgehead atoms. The molecule has 0 saturated carbocycles. The Kier molecular flexibility index (Phi) is 6.12. The van der Waals surface area contributed by atoms with Gasteiger partial charge in [0.15, 0.2) is 0 Å². The second-order valence-corrected chi connectivity index (χ2v) is 5.89. The van der Waals surface area contributed by atoms with Crippen molar-refractivity contribution in [3.05, 3.63) is 23.9 Å². The lowest BCUT2D eigenvalue weighted by atomic mass is 10.1. The van der Waals surface area contributed by atoms with Crippen molar-refractivity contribution in [1.82, 2.24) is 9.88 Å². The predicted octanol–water partition coefficient (Wildman–Crippen LogP) is 1.94. The van der Waals surface area contributed by atoms with Crippen LogP contribution in [0.1, 0.15) is 32.8 Å². The molecule has 1 saturated heterocycles. The maximum Gasteiger partial charge on any atom is 0.290 e. The Labute approximate surface area is 125 Å². The monoisotopic (exact) mass is 290 g/mol. The second kappa shape index (κ2) is 7.60. The zero-order valence-electron chi connectivity index (χ0n) is 12.7. The summed E-state index contributed by atoms with van der Waals surface area (Å²) in [6.07, 6.45) is 2.80. The Morgan fingerprint density at radius 1 is 1.57 bits per heavy atom. The standard InChI is InChI=1S/C14H20N4.CH2O2/c1-14(2,3)18-7-5-12(10-18)17-13-8-11(9-15)4-6-16-13;2-1-3/h4,6,8,12H,5,7,10H2,1-3H3,(H,16,17);1H,(H,2,3). The average molecular weight is 290 g/mol. The number of rotatable bonds is 2. The van der Waals surface area contributed by atoms with E-state index in [0.717, 1.165) is 25.3 Å². The Morgan fingerprint density at radius 2 is 2.24 bits per heavy atom. The van der Waals surface area contributed by atoms with Crippen molar-refractivity contribution in [2.75, 3.05) is 18.4 Å². The summed E-state index contributed by atoms with van der Waals surface area (Å²) in [6, 6.07) is 6.09. The van der Waals surface area contributed by atoms with Gasteiger partial charge in [0, 0.05) is 30.9 Å². The highest BCUT2D eigenvalue weighted by Crippen LogP contribution is 2.22. The van der Waals surface area contributed by atoms with Crippen LogP contribution in [0.15, 0.2) is 18.3 Å². The van der Waals surface area contributed by atoms with Gasteiger partial charge < -0.3 is 10.4 Å². The molecule has 2 rings (SSSR count). The van der Waals surface area contributed by atoms with Gasteiger partial charge in [0.1, 0.15) is 5.82 Å². The van der Waals surface area contributed by atoms with Gasteiger partial charge in [-0.3, -0.25) is 9.69 Å². The summed E-state index contributed by atoms with van der Waals surface area (Å²) in [5, 5.41) is 19.2. The Balaban J connectivity index is 0.000000677. The van der Waals surface area contributed by atoms with E-state index >= 15 is 0 Å². The van der Waals surface area contributed by atoms with E-state index in [1.165, 1.54) is 0 Å². The van der Waals surface area contributed by atoms with Gasteiger partial charge in [0.05, 0.1) is 11.6 Å². The molecule has 2 N–H and O–H groups in total. The first kappa shape index (κ1) is 16.9. The molecule has 0 radical (unpaired) electrons. The van der Waals surface area contributed by atoms with Crippen molar-refractivity contribution < 1.29 is 9.90 Å². The lowest BCUT2D eigenvalue weighted by Crippen LogP contribution is -2.40. The SMILES string of the molecule is CC(C)(C)N1CCC(Nc2cc(C#N)ccn2)C1.O=CO. The number of nitriles is 1. The highest BCUT2D eigenvalue weighted by molar-refractivity contribution is 5.43. The van der Waals surface area contributed by atoms with Gasteiger partial charge in [0.2, 0.25) is 0 Å². The maximum atomic E-state index is 8.86. The van der Waals surface area contributed by atoms with Crippen molar-refractivity contribution in [2.24, 2.45) is 0 Å². The number of likely N-dealkylation sites (tertiary alicyclic amines) is 1.